The van der Waals surface area contributed by atoms with Crippen molar-refractivity contribution < 1.29 is 23.9 Å². The minimum atomic E-state index is -1.13. The molecule has 1 fully saturated rings. The molecule has 0 bridgehead atoms. The summed E-state index contributed by atoms with van der Waals surface area (Å²) in [6.45, 7) is 4.20. The molecule has 4 rings (SSSR count). The molecule has 0 aliphatic heterocycles. The highest BCUT2D eigenvalue weighted by Crippen LogP contribution is 2.34. The summed E-state index contributed by atoms with van der Waals surface area (Å²) in [7, 11) is 0. The van der Waals surface area contributed by atoms with Crippen molar-refractivity contribution in [3.8, 4) is 0 Å². The number of aromatic nitrogens is 1. The van der Waals surface area contributed by atoms with Crippen molar-refractivity contribution in [3.05, 3.63) is 52.9 Å². The SMILES string of the molecule is CC(C)NC1CCC(C(=O)Nc2c(C(=O)Nc3ccc(Cl)cn3)oc3ccc(C(=O)O)cc23)CC1. The standard InChI is InChI=1S/C25H27ClN4O5/c1-13(2)28-17-7-3-14(4-8-17)23(31)30-21-18-11-15(25(33)34)5-9-19(18)35-22(21)24(32)29-20-10-6-16(26)12-27-20/h5-6,9-14,17,28H,3-4,7-8H2,1-2H3,(H,30,31)(H,33,34)(H,27,29,32). The molecule has 0 unspecified atom stereocenters. The number of hydrogen-bond acceptors (Lipinski definition) is 6. The second-order valence-electron chi connectivity index (χ2n) is 9.00. The molecule has 3 aromatic rings. The molecule has 1 aliphatic rings. The van der Waals surface area contributed by atoms with Crippen LogP contribution in [0.25, 0.3) is 11.0 Å². The number of carbonyl (C=O) groups excluding carboxylic acids is 2. The van der Waals surface area contributed by atoms with Crippen LogP contribution in [0.15, 0.2) is 40.9 Å². The van der Waals surface area contributed by atoms with Gasteiger partial charge in [-0.1, -0.05) is 25.4 Å². The van der Waals surface area contributed by atoms with Crippen LogP contribution >= 0.6 is 11.6 Å². The van der Waals surface area contributed by atoms with Crippen LogP contribution in [0.3, 0.4) is 0 Å². The lowest BCUT2D eigenvalue weighted by Crippen LogP contribution is -2.39. The monoisotopic (exact) mass is 498 g/mol. The highest BCUT2D eigenvalue weighted by molar-refractivity contribution is 6.30. The number of pyridine rings is 1. The molecule has 0 atom stereocenters. The van der Waals surface area contributed by atoms with Crippen LogP contribution in [0, 0.1) is 5.92 Å². The molecular weight excluding hydrogens is 472 g/mol. The van der Waals surface area contributed by atoms with E-state index in [1.54, 1.807) is 6.07 Å². The van der Waals surface area contributed by atoms with E-state index in [2.05, 4.69) is 34.8 Å². The van der Waals surface area contributed by atoms with E-state index in [4.69, 9.17) is 16.0 Å². The second-order valence-corrected chi connectivity index (χ2v) is 9.43. The highest BCUT2D eigenvalue weighted by Gasteiger charge is 2.29. The van der Waals surface area contributed by atoms with Crippen molar-refractivity contribution in [2.24, 2.45) is 5.92 Å². The van der Waals surface area contributed by atoms with E-state index in [9.17, 15) is 19.5 Å². The third kappa shape index (κ3) is 5.80. The number of halogens is 1. The predicted octanol–water partition coefficient (Wildman–Crippen LogP) is 4.93. The number of carboxylic acids is 1. The maximum Gasteiger partial charge on any atom is 0.335 e. The van der Waals surface area contributed by atoms with Gasteiger partial charge in [0.2, 0.25) is 11.7 Å². The minimum absolute atomic E-state index is 0.0143. The summed E-state index contributed by atoms with van der Waals surface area (Å²) in [5.41, 5.74) is 0.437. The molecule has 184 valence electrons. The first-order valence-electron chi connectivity index (χ1n) is 11.5. The summed E-state index contributed by atoms with van der Waals surface area (Å²) < 4.78 is 5.76. The Hall–Kier alpha value is -3.43. The Morgan fingerprint density at radius 2 is 1.83 bits per heavy atom. The van der Waals surface area contributed by atoms with Crippen LogP contribution in [-0.2, 0) is 4.79 Å². The van der Waals surface area contributed by atoms with Gasteiger partial charge in [0, 0.05) is 29.6 Å². The van der Waals surface area contributed by atoms with E-state index in [1.807, 2.05) is 0 Å². The number of carboxylic acid groups (broad SMARTS) is 1. The van der Waals surface area contributed by atoms with Crippen molar-refractivity contribution in [3.63, 3.8) is 0 Å². The Balaban J connectivity index is 1.60. The van der Waals surface area contributed by atoms with Crippen LogP contribution in [0.2, 0.25) is 5.02 Å². The van der Waals surface area contributed by atoms with E-state index in [0.717, 1.165) is 12.8 Å². The number of fused-ring (bicyclic) bond motifs is 1. The molecule has 1 saturated carbocycles. The number of amides is 2. The van der Waals surface area contributed by atoms with Crippen molar-refractivity contribution in [1.82, 2.24) is 10.3 Å². The van der Waals surface area contributed by atoms with E-state index in [1.165, 1.54) is 30.5 Å². The Morgan fingerprint density at radius 3 is 2.46 bits per heavy atom. The number of aromatic carboxylic acids is 1. The fourth-order valence-electron chi connectivity index (χ4n) is 4.36. The molecule has 2 heterocycles. The maximum absolute atomic E-state index is 13.2. The van der Waals surface area contributed by atoms with Crippen LogP contribution in [0.1, 0.15) is 60.4 Å². The molecule has 9 nitrogen and oxygen atoms in total. The molecule has 0 spiro atoms. The third-order valence-electron chi connectivity index (χ3n) is 6.03. The van der Waals surface area contributed by atoms with E-state index >= 15 is 0 Å². The average Bonchev–Trinajstić information content (AvgIpc) is 3.18. The normalized spacial score (nSPS) is 17.9. The maximum atomic E-state index is 13.2. The molecule has 2 aromatic heterocycles. The summed E-state index contributed by atoms with van der Waals surface area (Å²) in [4.78, 5) is 41.8. The molecular formula is C25H27ClN4O5. The van der Waals surface area contributed by atoms with E-state index in [-0.39, 0.29) is 40.2 Å². The zero-order valence-corrected chi connectivity index (χ0v) is 20.2. The summed E-state index contributed by atoms with van der Waals surface area (Å²) in [6, 6.07) is 8.10. The van der Waals surface area contributed by atoms with Gasteiger partial charge in [-0.05, 0) is 56.0 Å². The Morgan fingerprint density at radius 1 is 1.09 bits per heavy atom. The quantitative estimate of drug-likeness (QED) is 0.363. The Labute approximate surface area is 207 Å². The van der Waals surface area contributed by atoms with Crippen LogP contribution in [-0.4, -0.2) is 40.0 Å². The van der Waals surface area contributed by atoms with Crippen molar-refractivity contribution in [2.75, 3.05) is 10.6 Å². The number of nitrogens with one attached hydrogen (secondary N) is 3. The molecule has 35 heavy (non-hydrogen) atoms. The average molecular weight is 499 g/mol. The lowest BCUT2D eigenvalue weighted by molar-refractivity contribution is -0.120. The fourth-order valence-corrected chi connectivity index (χ4v) is 4.47. The number of anilines is 2. The predicted molar refractivity (Wildman–Crippen MR) is 133 cm³/mol. The van der Waals surface area contributed by atoms with Gasteiger partial charge in [-0.2, -0.15) is 0 Å². The zero-order chi connectivity index (χ0) is 25.1. The van der Waals surface area contributed by atoms with Gasteiger partial charge in [0.05, 0.1) is 10.6 Å². The first-order valence-corrected chi connectivity index (χ1v) is 11.9. The van der Waals surface area contributed by atoms with Gasteiger partial charge in [0.15, 0.2) is 0 Å². The third-order valence-corrected chi connectivity index (χ3v) is 6.25. The minimum Gasteiger partial charge on any atom is -0.478 e. The summed E-state index contributed by atoms with van der Waals surface area (Å²) in [5, 5.41) is 19.2. The second kappa shape index (κ2) is 10.5. The zero-order valence-electron chi connectivity index (χ0n) is 19.4. The first kappa shape index (κ1) is 24.7. The molecule has 0 saturated heterocycles. The molecule has 4 N–H and O–H groups in total. The van der Waals surface area contributed by atoms with E-state index < -0.39 is 11.9 Å². The molecule has 1 aliphatic carbocycles. The van der Waals surface area contributed by atoms with E-state index in [0.29, 0.717) is 35.3 Å². The molecule has 2 amide bonds. The highest BCUT2D eigenvalue weighted by atomic mass is 35.5. The number of rotatable bonds is 7. The summed E-state index contributed by atoms with van der Waals surface area (Å²) >= 11 is 5.86. The fraction of sp³-hybridized carbons (Fsp3) is 0.360. The Bertz CT molecular complexity index is 1250. The topological polar surface area (TPSA) is 134 Å². The smallest absolute Gasteiger partial charge is 0.335 e. The number of benzene rings is 1. The van der Waals surface area contributed by atoms with Gasteiger partial charge in [0.25, 0.3) is 5.91 Å². The van der Waals surface area contributed by atoms with Gasteiger partial charge in [0.1, 0.15) is 17.1 Å². The molecule has 0 radical (unpaired) electrons. The van der Waals surface area contributed by atoms with Gasteiger partial charge in [-0.15, -0.1) is 0 Å². The first-order chi connectivity index (χ1) is 16.7. The van der Waals surface area contributed by atoms with Crippen molar-refractivity contribution in [2.45, 2.75) is 51.6 Å². The van der Waals surface area contributed by atoms with Gasteiger partial charge >= 0.3 is 5.97 Å². The number of carbonyl (C=O) groups is 3. The number of nitrogens with zero attached hydrogens (tertiary/aromatic N) is 1. The van der Waals surface area contributed by atoms with Crippen LogP contribution in [0.5, 0.6) is 0 Å². The molecule has 10 heteroatoms. The van der Waals surface area contributed by atoms with Gasteiger partial charge < -0.3 is 25.5 Å². The summed E-state index contributed by atoms with van der Waals surface area (Å²) in [5.74, 6) is -2.09. The number of hydrogen-bond donors (Lipinski definition) is 4. The van der Waals surface area contributed by atoms with Gasteiger partial charge in [-0.25, -0.2) is 9.78 Å². The van der Waals surface area contributed by atoms with Crippen molar-refractivity contribution in [1.29, 1.82) is 0 Å². The molecule has 1 aromatic carbocycles. The lowest BCUT2D eigenvalue weighted by atomic mass is 9.85. The largest absolute Gasteiger partial charge is 0.478 e. The summed E-state index contributed by atoms with van der Waals surface area (Å²) in [6.07, 6.45) is 4.57. The Kier molecular flexibility index (Phi) is 7.37. The number of furan rings is 1. The van der Waals surface area contributed by atoms with Crippen LogP contribution < -0.4 is 16.0 Å². The van der Waals surface area contributed by atoms with Gasteiger partial charge in [-0.3, -0.25) is 9.59 Å². The van der Waals surface area contributed by atoms with Crippen molar-refractivity contribution >= 4 is 51.9 Å². The van der Waals surface area contributed by atoms with Crippen LogP contribution in [0.4, 0.5) is 11.5 Å². The lowest BCUT2D eigenvalue weighted by Gasteiger charge is -2.29.